The molecule has 80 valence electrons. The molecule has 0 amide bonds. The van der Waals surface area contributed by atoms with Crippen LogP contribution in [0.25, 0.3) is 0 Å². The summed E-state index contributed by atoms with van der Waals surface area (Å²) >= 11 is 0. The predicted octanol–water partition coefficient (Wildman–Crippen LogP) is 1.23. The van der Waals surface area contributed by atoms with E-state index in [0.29, 0.717) is 0 Å². The molecule has 0 spiro atoms. The summed E-state index contributed by atoms with van der Waals surface area (Å²) in [6, 6.07) is 0. The lowest BCUT2D eigenvalue weighted by Gasteiger charge is -2.26. The van der Waals surface area contributed by atoms with Gasteiger partial charge in [0.1, 0.15) is 9.76 Å². The van der Waals surface area contributed by atoms with E-state index in [1.807, 2.05) is 0 Å². The molecule has 13 heavy (non-hydrogen) atoms. The number of hydrogen-bond acceptors (Lipinski definition) is 2. The molecule has 0 aliphatic carbocycles. The molecule has 2 nitrogen and oxygen atoms in total. The lowest BCUT2D eigenvalue weighted by molar-refractivity contribution is 0.578. The molecule has 0 heterocycles. The monoisotopic (exact) mass is 252 g/mol. The Kier molecular flexibility index (Phi) is 6.69. The third kappa shape index (κ3) is 7.83. The second-order valence-electron chi connectivity index (χ2n) is 4.39. The van der Waals surface area contributed by atoms with Crippen LogP contribution < -0.4 is 0 Å². The highest BCUT2D eigenvalue weighted by atomic mass is 28.4. The van der Waals surface area contributed by atoms with Crippen molar-refractivity contribution in [3.63, 3.8) is 0 Å². The van der Waals surface area contributed by atoms with E-state index >= 15 is 0 Å². The zero-order chi connectivity index (χ0) is 10.5. The van der Waals surface area contributed by atoms with Crippen molar-refractivity contribution in [2.75, 3.05) is 0 Å². The molecule has 0 aromatic carbocycles. The minimum absolute atomic E-state index is 0.220. The van der Waals surface area contributed by atoms with Crippen LogP contribution in [0.4, 0.5) is 0 Å². The summed E-state index contributed by atoms with van der Waals surface area (Å²) in [5, 5.41) is 0. The molecule has 0 aliphatic rings. The molecular formula is C7H24O2Si4. The van der Waals surface area contributed by atoms with Gasteiger partial charge in [0.2, 0.25) is 0 Å². The summed E-state index contributed by atoms with van der Waals surface area (Å²) in [6.45, 7) is 13.7. The Labute approximate surface area is 89.6 Å². The second kappa shape index (κ2) is 6.30. The van der Waals surface area contributed by atoms with E-state index in [9.17, 15) is 0 Å². The molecule has 6 heteroatoms. The van der Waals surface area contributed by atoms with Gasteiger partial charge in [-0.15, -0.1) is 0 Å². The van der Waals surface area contributed by atoms with E-state index in [2.05, 4.69) is 39.3 Å². The minimum Gasteiger partial charge on any atom is -0.461 e. The minimum atomic E-state index is -1.31. The molecule has 0 saturated heterocycles. The van der Waals surface area contributed by atoms with Gasteiger partial charge in [-0.25, -0.2) is 0 Å². The normalized spacial score (nSPS) is 15.9. The fourth-order valence-electron chi connectivity index (χ4n) is 1.65. The molecule has 1 unspecified atom stereocenters. The van der Waals surface area contributed by atoms with E-state index < -0.39 is 26.4 Å². The number of hydrogen-bond donors (Lipinski definition) is 0. The Morgan fingerprint density at radius 3 is 2.15 bits per heavy atom. The van der Waals surface area contributed by atoms with Gasteiger partial charge in [-0.2, -0.15) is 0 Å². The SMILES string of the molecule is C[SiH2]O[Si](C)(C)C[SiH](C)O[SiH](C)C. The quantitative estimate of drug-likeness (QED) is 0.662. The molecule has 0 aliphatic heterocycles. The van der Waals surface area contributed by atoms with Gasteiger partial charge < -0.3 is 8.23 Å². The first-order valence-electron chi connectivity index (χ1n) is 5.17. The molecule has 0 radical (unpaired) electrons. The van der Waals surface area contributed by atoms with Gasteiger partial charge in [0.25, 0.3) is 0 Å². The van der Waals surface area contributed by atoms with Crippen LogP contribution in [-0.2, 0) is 8.23 Å². The van der Waals surface area contributed by atoms with E-state index in [0.717, 1.165) is 0 Å². The number of rotatable bonds is 6. The largest absolute Gasteiger partial charge is 0.461 e. The standard InChI is InChI=1S/C7H24O2Si4/c1-10-8-13(5,6)7-12(4)9-11(2)3/h11-12H,7,10H2,1-6H3. The Bertz CT molecular complexity index is 140. The molecular weight excluding hydrogens is 228 g/mol. The van der Waals surface area contributed by atoms with Crippen LogP contribution in [0.2, 0.25) is 44.9 Å². The molecule has 1 atom stereocenters. The maximum Gasteiger partial charge on any atom is 0.172 e. The smallest absolute Gasteiger partial charge is 0.172 e. The van der Waals surface area contributed by atoms with Crippen LogP contribution in [0.3, 0.4) is 0 Å². The van der Waals surface area contributed by atoms with Gasteiger partial charge in [-0.3, -0.25) is 0 Å². The molecule has 0 rings (SSSR count). The zero-order valence-electron chi connectivity index (χ0n) is 9.89. The predicted molar refractivity (Wildman–Crippen MR) is 70.8 cm³/mol. The molecule has 0 fully saturated rings. The van der Waals surface area contributed by atoms with Gasteiger partial charge in [-0.05, 0) is 38.4 Å². The molecule has 0 N–H and O–H groups in total. The molecule has 0 saturated carbocycles. The van der Waals surface area contributed by atoms with Gasteiger partial charge in [-0.1, -0.05) is 6.55 Å². The third-order valence-corrected chi connectivity index (χ3v) is 16.4. The fraction of sp³-hybridized carbons (Fsp3) is 1.00. The molecule has 0 aromatic rings. The Morgan fingerprint density at radius 1 is 1.23 bits per heavy atom. The van der Waals surface area contributed by atoms with E-state index in [-0.39, 0.29) is 9.76 Å². The van der Waals surface area contributed by atoms with Crippen molar-refractivity contribution in [2.24, 2.45) is 0 Å². The highest BCUT2D eigenvalue weighted by molar-refractivity contribution is 6.85. The highest BCUT2D eigenvalue weighted by Gasteiger charge is 2.25. The summed E-state index contributed by atoms with van der Waals surface area (Å²) in [5.41, 5.74) is 1.29. The maximum absolute atomic E-state index is 5.98. The zero-order valence-corrected chi connectivity index (χ0v) is 14.6. The average molecular weight is 253 g/mol. The van der Waals surface area contributed by atoms with Crippen molar-refractivity contribution in [1.82, 2.24) is 0 Å². The van der Waals surface area contributed by atoms with Crippen LogP contribution in [0.15, 0.2) is 0 Å². The summed E-state index contributed by atoms with van der Waals surface area (Å²) in [6.07, 6.45) is 0. The van der Waals surface area contributed by atoms with Crippen LogP contribution in [0.5, 0.6) is 0 Å². The summed E-state index contributed by atoms with van der Waals surface area (Å²) < 4.78 is 11.9. The maximum atomic E-state index is 5.98. The average Bonchev–Trinajstić information content (AvgIpc) is 1.81. The molecule has 0 aromatic heterocycles. The first kappa shape index (κ1) is 13.8. The van der Waals surface area contributed by atoms with Crippen LogP contribution >= 0.6 is 0 Å². The molecule has 0 bridgehead atoms. The van der Waals surface area contributed by atoms with Gasteiger partial charge in [0.15, 0.2) is 26.4 Å². The topological polar surface area (TPSA) is 18.5 Å². The van der Waals surface area contributed by atoms with Gasteiger partial charge in [0, 0.05) is 0 Å². The van der Waals surface area contributed by atoms with Crippen LogP contribution in [0, 0.1) is 0 Å². The Hall–Kier alpha value is 0.788. The first-order valence-corrected chi connectivity index (χ1v) is 15.5. The first-order chi connectivity index (χ1) is 5.87. The third-order valence-electron chi connectivity index (χ3n) is 1.82. The van der Waals surface area contributed by atoms with Crippen LogP contribution in [0.1, 0.15) is 0 Å². The van der Waals surface area contributed by atoms with Gasteiger partial charge in [0.05, 0.1) is 0 Å². The summed E-state index contributed by atoms with van der Waals surface area (Å²) in [7, 11) is -3.23. The van der Waals surface area contributed by atoms with Gasteiger partial charge >= 0.3 is 0 Å². The second-order valence-corrected chi connectivity index (χ2v) is 16.1. The van der Waals surface area contributed by atoms with E-state index in [1.165, 1.54) is 5.67 Å². The Balaban J connectivity index is 3.81. The van der Waals surface area contributed by atoms with Crippen molar-refractivity contribution >= 4 is 36.2 Å². The highest BCUT2D eigenvalue weighted by Crippen LogP contribution is 2.13. The van der Waals surface area contributed by atoms with E-state index in [4.69, 9.17) is 8.23 Å². The lowest BCUT2D eigenvalue weighted by atomic mass is 11.8. The van der Waals surface area contributed by atoms with E-state index in [1.54, 1.807) is 0 Å². The van der Waals surface area contributed by atoms with Crippen LogP contribution in [-0.4, -0.2) is 36.2 Å². The van der Waals surface area contributed by atoms with Crippen molar-refractivity contribution in [1.29, 1.82) is 0 Å². The van der Waals surface area contributed by atoms with Crippen molar-refractivity contribution in [2.45, 2.75) is 44.9 Å². The summed E-state index contributed by atoms with van der Waals surface area (Å²) in [4.78, 5) is 0. The Morgan fingerprint density at radius 2 is 1.77 bits per heavy atom. The lowest BCUT2D eigenvalue weighted by Crippen LogP contribution is -2.38. The van der Waals surface area contributed by atoms with Crippen molar-refractivity contribution < 1.29 is 8.23 Å². The van der Waals surface area contributed by atoms with Crippen molar-refractivity contribution in [3.8, 4) is 0 Å². The summed E-state index contributed by atoms with van der Waals surface area (Å²) in [5.74, 6) is 0. The fourth-order valence-corrected chi connectivity index (χ4v) is 16.8. The van der Waals surface area contributed by atoms with Crippen molar-refractivity contribution in [3.05, 3.63) is 0 Å².